The van der Waals surface area contributed by atoms with E-state index in [0.717, 1.165) is 0 Å². The quantitative estimate of drug-likeness (QED) is 0.732. The van der Waals surface area contributed by atoms with Gasteiger partial charge in [-0.15, -0.1) is 0 Å². The van der Waals surface area contributed by atoms with Crippen molar-refractivity contribution in [2.75, 3.05) is 27.2 Å². The Balaban J connectivity index is 1.67. The molecule has 148 valence electrons. The molecule has 1 aliphatic carbocycles. The van der Waals surface area contributed by atoms with Crippen molar-refractivity contribution in [1.82, 2.24) is 4.90 Å². The van der Waals surface area contributed by atoms with Gasteiger partial charge in [0.05, 0.1) is 25.0 Å². The van der Waals surface area contributed by atoms with E-state index in [1.54, 1.807) is 35.2 Å². The highest BCUT2D eigenvalue weighted by molar-refractivity contribution is 6.02. The van der Waals surface area contributed by atoms with Gasteiger partial charge in [0, 0.05) is 24.8 Å². The molecular weight excluding hydrogens is 350 g/mol. The number of methoxy groups -OCH3 is 2. The fourth-order valence-corrected chi connectivity index (χ4v) is 3.61. The Hall–Kier alpha value is -2.33. The molecule has 1 aliphatic heterocycles. The Labute approximate surface area is 185 Å². The summed E-state index contributed by atoms with van der Waals surface area (Å²) >= 11 is 0. The molecule has 4 rings (SSSR count). The molecule has 2 aromatic rings. The molecule has 0 saturated carbocycles. The number of piperidine rings is 1. The second-order valence-corrected chi connectivity index (χ2v) is 6.91. The lowest BCUT2D eigenvalue weighted by Crippen LogP contribution is -2.34. The molecule has 4 nitrogen and oxygen atoms in total. The van der Waals surface area contributed by atoms with Crippen molar-refractivity contribution < 1.29 is 32.1 Å². The maximum Gasteiger partial charge on any atom is 0.166 e. The summed E-state index contributed by atoms with van der Waals surface area (Å²) in [6.45, 7) is -1.22. The van der Waals surface area contributed by atoms with Crippen LogP contribution in [0.15, 0.2) is 42.4 Å². The molecule has 1 saturated heterocycles. The van der Waals surface area contributed by atoms with Crippen molar-refractivity contribution in [1.29, 1.82) is 0 Å². The van der Waals surface area contributed by atoms with Gasteiger partial charge >= 0.3 is 0 Å². The molecule has 0 aromatic heterocycles. The molecule has 1 unspecified atom stereocenters. The first-order valence-electron chi connectivity index (χ1n) is 15.6. The van der Waals surface area contributed by atoms with Crippen LogP contribution in [-0.2, 0) is 12.9 Å². The van der Waals surface area contributed by atoms with E-state index in [2.05, 4.69) is 0 Å². The number of hydrogen-bond donors (Lipinski definition) is 0. The average molecular weight is 393 g/mol. The molecule has 1 fully saturated rings. The van der Waals surface area contributed by atoms with Gasteiger partial charge in [0.2, 0.25) is 0 Å². The number of hydrogen-bond acceptors (Lipinski definition) is 4. The van der Waals surface area contributed by atoms with Crippen molar-refractivity contribution >= 4 is 5.78 Å². The molecule has 2 aromatic carbocycles. The molecule has 1 heterocycles. The summed E-state index contributed by atoms with van der Waals surface area (Å²) in [6.07, 6.45) is -2.50. The summed E-state index contributed by atoms with van der Waals surface area (Å²) in [6, 6.07) is 6.66. The first-order valence-corrected chi connectivity index (χ1v) is 9.12. The van der Waals surface area contributed by atoms with Crippen LogP contribution in [0.2, 0.25) is 0 Å². The summed E-state index contributed by atoms with van der Waals surface area (Å²) in [7, 11) is -6.45. The monoisotopic (exact) mass is 392 g/mol. The van der Waals surface area contributed by atoms with Crippen LogP contribution in [0.5, 0.6) is 11.5 Å². The molecule has 2 aliphatic rings. The number of nitrogens with zero attached hydrogens (tertiary/aromatic N) is 1. The van der Waals surface area contributed by atoms with E-state index >= 15 is 0 Å². The minimum Gasteiger partial charge on any atom is -0.493 e. The van der Waals surface area contributed by atoms with E-state index < -0.39 is 73.3 Å². The van der Waals surface area contributed by atoms with Crippen molar-refractivity contribution in [2.45, 2.75) is 32.1 Å². The standard InChI is InChI=1S/C24H29NO3/c1-27-22-14-19-13-20(24(26)21(19)15-23(22)28-2)12-17-8-10-25(11-9-17)16-18-6-4-3-5-7-18/h3-7,14-15,17,20H,8-13,16H2,1-2H3/i1D3,2D3,13D2,14D,15D,16D2,20D. The third kappa shape index (κ3) is 3.93. The van der Waals surface area contributed by atoms with Crippen molar-refractivity contribution in [3.63, 3.8) is 0 Å². The number of carbonyl (C=O) groups is 1. The van der Waals surface area contributed by atoms with Gasteiger partial charge < -0.3 is 9.47 Å². The Morgan fingerprint density at radius 1 is 1.21 bits per heavy atom. The molecular formula is C24H29NO3. The van der Waals surface area contributed by atoms with Gasteiger partial charge in [-0.25, -0.2) is 0 Å². The Morgan fingerprint density at radius 3 is 2.64 bits per heavy atom. The lowest BCUT2D eigenvalue weighted by molar-refractivity contribution is 0.0895. The summed E-state index contributed by atoms with van der Waals surface area (Å²) in [5.74, 6) is -6.10. The number of rotatable bonds is 6. The van der Waals surface area contributed by atoms with Gasteiger partial charge in [0.1, 0.15) is 0 Å². The first-order chi connectivity index (χ1) is 18.7. The molecule has 1 atom stereocenters. The Kier molecular flexibility index (Phi) is 2.69. The van der Waals surface area contributed by atoms with Crippen LogP contribution in [0, 0.1) is 11.8 Å². The predicted octanol–water partition coefficient (Wildman–Crippen LogP) is 4.36. The highest BCUT2D eigenvalue weighted by atomic mass is 16.5. The zero-order valence-electron chi connectivity index (χ0n) is 28.2. The number of fused-ring (bicyclic) bond motifs is 1. The largest absolute Gasteiger partial charge is 0.493 e. The van der Waals surface area contributed by atoms with Crippen LogP contribution in [0.25, 0.3) is 0 Å². The summed E-state index contributed by atoms with van der Waals surface area (Å²) < 4.78 is 115. The lowest BCUT2D eigenvalue weighted by Gasteiger charge is -2.32. The fraction of sp³-hybridized carbons (Fsp3) is 0.458. The topological polar surface area (TPSA) is 38.8 Å². The SMILES string of the molecule is [2H]c1c(OC([2H])([2H])[2H])c(OC([2H])([2H])[2H])c([2H])c2c1C(=O)C([2H])(CC1CCN(C([2H])([2H])c3ccccc3)CC1)C2([2H])[2H]. The highest BCUT2D eigenvalue weighted by Gasteiger charge is 2.34. The van der Waals surface area contributed by atoms with Crippen molar-refractivity contribution in [3.05, 3.63) is 59.1 Å². The van der Waals surface area contributed by atoms with Crippen molar-refractivity contribution in [2.24, 2.45) is 11.8 Å². The number of ether oxygens (including phenoxy) is 2. The van der Waals surface area contributed by atoms with Crippen LogP contribution in [0.4, 0.5) is 0 Å². The van der Waals surface area contributed by atoms with Gasteiger partial charge in [-0.3, -0.25) is 9.69 Å². The van der Waals surface area contributed by atoms with E-state index in [-0.39, 0.29) is 25.4 Å². The Bertz CT molecular complexity index is 1320. The second kappa shape index (κ2) is 8.36. The molecule has 28 heavy (non-hydrogen) atoms. The summed E-state index contributed by atoms with van der Waals surface area (Å²) in [5, 5.41) is 0. The molecule has 0 N–H and O–H groups in total. The fourth-order valence-electron chi connectivity index (χ4n) is 3.61. The van der Waals surface area contributed by atoms with Gasteiger partial charge in [-0.1, -0.05) is 30.3 Å². The van der Waals surface area contributed by atoms with Gasteiger partial charge in [0.15, 0.2) is 17.3 Å². The number of Topliss-reactive ketones (excluding diaryl/α,β-unsaturated/α-hetero) is 1. The predicted molar refractivity (Wildman–Crippen MR) is 110 cm³/mol. The molecule has 4 heteroatoms. The smallest absolute Gasteiger partial charge is 0.166 e. The number of likely N-dealkylation sites (tertiary alicyclic amines) is 1. The highest BCUT2D eigenvalue weighted by Crippen LogP contribution is 2.39. The Morgan fingerprint density at radius 2 is 1.93 bits per heavy atom. The van der Waals surface area contributed by atoms with Crippen LogP contribution in [-0.4, -0.2) is 37.8 Å². The van der Waals surface area contributed by atoms with E-state index in [4.69, 9.17) is 27.3 Å². The van der Waals surface area contributed by atoms with E-state index in [1.165, 1.54) is 0 Å². The van der Waals surface area contributed by atoms with Crippen molar-refractivity contribution in [3.8, 4) is 11.5 Å². The van der Waals surface area contributed by atoms with Gasteiger partial charge in [0.25, 0.3) is 0 Å². The maximum atomic E-state index is 13.7. The molecule has 0 radical (unpaired) electrons. The van der Waals surface area contributed by atoms with Crippen LogP contribution < -0.4 is 9.47 Å². The first kappa shape index (κ1) is 9.00. The van der Waals surface area contributed by atoms with Crippen LogP contribution in [0.3, 0.4) is 0 Å². The number of benzene rings is 2. The third-order valence-corrected chi connectivity index (χ3v) is 5.08. The summed E-state index contributed by atoms with van der Waals surface area (Å²) in [5.41, 5.74) is -0.966. The van der Waals surface area contributed by atoms with Gasteiger partial charge in [-0.05, 0) is 67.9 Å². The zero-order chi connectivity index (χ0) is 30.8. The number of ketones is 1. The third-order valence-electron chi connectivity index (χ3n) is 5.08. The summed E-state index contributed by atoms with van der Waals surface area (Å²) in [4.78, 5) is 15.3. The maximum absolute atomic E-state index is 13.7. The van der Waals surface area contributed by atoms with Crippen LogP contribution in [0.1, 0.15) is 58.6 Å². The van der Waals surface area contributed by atoms with E-state index in [0.29, 0.717) is 18.4 Å². The number of carbonyl (C=O) groups excluding carboxylic acids is 1. The molecule has 0 spiro atoms. The molecule has 0 amide bonds. The zero-order valence-corrected chi connectivity index (χ0v) is 15.2. The van der Waals surface area contributed by atoms with Gasteiger partial charge in [-0.2, -0.15) is 0 Å². The average Bonchev–Trinajstić information content (AvgIpc) is 3.01. The minimum absolute atomic E-state index is 0.271. The van der Waals surface area contributed by atoms with E-state index in [1.807, 2.05) is 0 Å². The second-order valence-electron chi connectivity index (χ2n) is 6.91. The lowest BCUT2D eigenvalue weighted by atomic mass is 9.85. The molecule has 0 bridgehead atoms. The van der Waals surface area contributed by atoms with E-state index in [9.17, 15) is 4.79 Å². The van der Waals surface area contributed by atoms with Crippen LogP contribution >= 0.6 is 0 Å². The minimum atomic E-state index is -3.23. The normalized spacial score (nSPS) is 32.9.